The average Bonchev–Trinajstić information content (AvgIpc) is 2.75. The number of nitrogens with one attached hydrogen (secondary N) is 1. The van der Waals surface area contributed by atoms with Gasteiger partial charge in [-0.1, -0.05) is 0 Å². The molecule has 1 unspecified atom stereocenters. The quantitative estimate of drug-likeness (QED) is 0.435. The van der Waals surface area contributed by atoms with E-state index in [4.69, 9.17) is 11.0 Å². The van der Waals surface area contributed by atoms with Crippen molar-refractivity contribution in [2.45, 2.75) is 31.1 Å². The van der Waals surface area contributed by atoms with Gasteiger partial charge in [-0.25, -0.2) is 13.8 Å². The van der Waals surface area contributed by atoms with E-state index in [0.29, 0.717) is 5.69 Å². The molecule has 0 amide bonds. The van der Waals surface area contributed by atoms with Crippen LogP contribution in [-0.2, 0) is 5.54 Å². The predicted molar refractivity (Wildman–Crippen MR) is 125 cm³/mol. The normalized spacial score (nSPS) is 22.3. The van der Waals surface area contributed by atoms with Crippen molar-refractivity contribution in [3.63, 3.8) is 0 Å². The Labute approximate surface area is 190 Å². The van der Waals surface area contributed by atoms with Crippen molar-refractivity contribution >= 4 is 38.8 Å². The number of nitriles is 1. The van der Waals surface area contributed by atoms with Gasteiger partial charge in [0.2, 0.25) is 0 Å². The van der Waals surface area contributed by atoms with Gasteiger partial charge in [-0.2, -0.15) is 15.9 Å². The molecular formula is C22H22F2N6O2S. The molecule has 0 saturated carbocycles. The molecule has 5 N–H and O–H groups in total. The molecule has 0 radical (unpaired) electrons. The van der Waals surface area contributed by atoms with Gasteiger partial charge in [0.05, 0.1) is 17.5 Å². The van der Waals surface area contributed by atoms with E-state index in [9.17, 15) is 17.9 Å². The number of aliphatic imine (C=N–C) groups is 1. The summed E-state index contributed by atoms with van der Waals surface area (Å²) in [7, 11) is -3.23. The fraction of sp³-hybridized carbons (Fsp3) is 0.273. The van der Waals surface area contributed by atoms with Crippen LogP contribution >= 0.6 is 10.6 Å². The number of fused-ring (bicyclic) bond motifs is 1. The van der Waals surface area contributed by atoms with E-state index < -0.39 is 32.5 Å². The molecule has 8 nitrogen and oxygen atoms in total. The summed E-state index contributed by atoms with van der Waals surface area (Å²) < 4.78 is 49.4. The smallest absolute Gasteiger partial charge is 0.157 e. The highest BCUT2D eigenvalue weighted by Crippen LogP contribution is 2.59. The maximum atomic E-state index is 14.9. The molecule has 0 spiro atoms. The molecule has 3 heterocycles. The van der Waals surface area contributed by atoms with E-state index in [-0.39, 0.29) is 39.4 Å². The average molecular weight is 473 g/mol. The monoisotopic (exact) mass is 472 g/mol. The van der Waals surface area contributed by atoms with E-state index in [0.717, 1.165) is 6.20 Å². The minimum absolute atomic E-state index is 0.0257. The molecule has 2 aromatic heterocycles. The van der Waals surface area contributed by atoms with Crippen LogP contribution in [0.4, 0.5) is 20.3 Å². The standard InChI is InChI=1S/C22H22F2N6O2S/c1-21(2)20(26)30-22(3,11-33(21,31)32)15-7-13(4-5-16(15)23)29-19-18-14(17(24)10-28-19)6-12(8-25)9-27-18/h4-7,9-10,31-32H,11H2,1-3H3,(H2,26,30)(H,28,29). The van der Waals surface area contributed by atoms with Crippen LogP contribution < -0.4 is 11.1 Å². The van der Waals surface area contributed by atoms with Crippen molar-refractivity contribution in [2.75, 3.05) is 11.1 Å². The molecule has 4 rings (SSSR count). The highest BCUT2D eigenvalue weighted by molar-refractivity contribution is 8.26. The molecule has 1 aliphatic heterocycles. The third kappa shape index (κ3) is 3.76. The zero-order valence-corrected chi connectivity index (χ0v) is 18.9. The number of hydrogen-bond acceptors (Lipinski definition) is 8. The molecule has 11 heteroatoms. The zero-order chi connectivity index (χ0) is 24.2. The van der Waals surface area contributed by atoms with Gasteiger partial charge < -0.3 is 11.1 Å². The predicted octanol–water partition coefficient (Wildman–Crippen LogP) is 4.64. The number of hydrogen-bond donors (Lipinski definition) is 4. The summed E-state index contributed by atoms with van der Waals surface area (Å²) in [6.45, 7) is 4.76. The van der Waals surface area contributed by atoms with E-state index in [1.54, 1.807) is 20.8 Å². The van der Waals surface area contributed by atoms with E-state index in [1.807, 2.05) is 6.07 Å². The summed E-state index contributed by atoms with van der Waals surface area (Å²) in [5, 5.41) is 12.2. The lowest BCUT2D eigenvalue weighted by molar-refractivity contribution is 0.417. The molecule has 0 fully saturated rings. The van der Waals surface area contributed by atoms with Gasteiger partial charge >= 0.3 is 0 Å². The van der Waals surface area contributed by atoms with Crippen LogP contribution in [0.2, 0.25) is 0 Å². The highest BCUT2D eigenvalue weighted by atomic mass is 32.3. The van der Waals surface area contributed by atoms with Gasteiger partial charge in [0.15, 0.2) is 11.6 Å². The van der Waals surface area contributed by atoms with Crippen molar-refractivity contribution in [3.05, 3.63) is 59.4 Å². The second-order valence-corrected chi connectivity index (χ2v) is 11.2. The zero-order valence-electron chi connectivity index (χ0n) is 18.1. The Morgan fingerprint density at radius 2 is 1.85 bits per heavy atom. The molecule has 33 heavy (non-hydrogen) atoms. The molecular weight excluding hydrogens is 450 g/mol. The van der Waals surface area contributed by atoms with Crippen molar-refractivity contribution < 1.29 is 17.9 Å². The van der Waals surface area contributed by atoms with Crippen molar-refractivity contribution in [3.8, 4) is 6.07 Å². The lowest BCUT2D eigenvalue weighted by Crippen LogP contribution is -2.52. The first-order valence-corrected chi connectivity index (χ1v) is 11.6. The van der Waals surface area contributed by atoms with Gasteiger partial charge in [-0.05, 0) is 45.0 Å². The fourth-order valence-electron chi connectivity index (χ4n) is 3.70. The van der Waals surface area contributed by atoms with Crippen LogP contribution in [0, 0.1) is 23.0 Å². The second kappa shape index (κ2) is 7.62. The number of nitrogens with zero attached hydrogens (tertiary/aromatic N) is 4. The summed E-state index contributed by atoms with van der Waals surface area (Å²) in [6.07, 6.45) is 2.31. The molecule has 0 saturated heterocycles. The number of rotatable bonds is 3. The fourth-order valence-corrected chi connectivity index (χ4v) is 5.45. The molecule has 0 aliphatic carbocycles. The number of halogens is 2. The Balaban J connectivity index is 1.78. The van der Waals surface area contributed by atoms with Crippen LogP contribution in [0.15, 0.2) is 41.7 Å². The van der Waals surface area contributed by atoms with Crippen LogP contribution in [0.1, 0.15) is 31.9 Å². The molecule has 3 aromatic rings. The van der Waals surface area contributed by atoms with Gasteiger partial charge in [0.25, 0.3) is 0 Å². The summed E-state index contributed by atoms with van der Waals surface area (Å²) in [6, 6.07) is 7.43. The molecule has 1 aliphatic rings. The summed E-state index contributed by atoms with van der Waals surface area (Å²) >= 11 is 0. The van der Waals surface area contributed by atoms with Crippen LogP contribution in [-0.4, -0.2) is 35.4 Å². The van der Waals surface area contributed by atoms with E-state index in [1.165, 1.54) is 30.5 Å². The van der Waals surface area contributed by atoms with Crippen LogP contribution in [0.3, 0.4) is 0 Å². The maximum absolute atomic E-state index is 14.9. The minimum atomic E-state index is -3.23. The second-order valence-electron chi connectivity index (χ2n) is 8.60. The Morgan fingerprint density at radius 3 is 2.52 bits per heavy atom. The number of nitrogens with two attached hydrogens (primary N) is 1. The molecule has 172 valence electrons. The SMILES string of the molecule is CC1(c2cc(Nc3ncc(F)c4cc(C#N)cnc34)ccc2F)CS(O)(O)C(C)(C)C(N)=N1. The van der Waals surface area contributed by atoms with Gasteiger partial charge in [0.1, 0.15) is 33.5 Å². The number of aromatic nitrogens is 2. The van der Waals surface area contributed by atoms with Crippen LogP contribution in [0.25, 0.3) is 10.9 Å². The number of anilines is 2. The van der Waals surface area contributed by atoms with Gasteiger partial charge in [-0.3, -0.25) is 19.1 Å². The molecule has 0 bridgehead atoms. The summed E-state index contributed by atoms with van der Waals surface area (Å²) in [5.41, 5.74) is 5.63. The number of benzene rings is 1. The lowest BCUT2D eigenvalue weighted by Gasteiger charge is -2.53. The lowest BCUT2D eigenvalue weighted by atomic mass is 9.92. The van der Waals surface area contributed by atoms with E-state index in [2.05, 4.69) is 20.3 Å². The third-order valence-electron chi connectivity index (χ3n) is 5.90. The molecule has 1 atom stereocenters. The first-order chi connectivity index (χ1) is 15.4. The first kappa shape index (κ1) is 22.8. The maximum Gasteiger partial charge on any atom is 0.157 e. The Morgan fingerprint density at radius 1 is 1.12 bits per heavy atom. The Kier molecular flexibility index (Phi) is 5.28. The summed E-state index contributed by atoms with van der Waals surface area (Å²) in [4.78, 5) is 12.6. The minimum Gasteiger partial charge on any atom is -0.386 e. The largest absolute Gasteiger partial charge is 0.386 e. The highest BCUT2D eigenvalue weighted by Gasteiger charge is 2.49. The van der Waals surface area contributed by atoms with Crippen LogP contribution in [0.5, 0.6) is 0 Å². The number of pyridine rings is 2. The Hall–Kier alpha value is -3.33. The van der Waals surface area contributed by atoms with E-state index >= 15 is 0 Å². The Bertz CT molecular complexity index is 1350. The van der Waals surface area contributed by atoms with Gasteiger partial charge in [-0.15, -0.1) is 0 Å². The first-order valence-electron chi connectivity index (χ1n) is 9.91. The molecule has 1 aromatic carbocycles. The topological polar surface area (TPSA) is 140 Å². The van der Waals surface area contributed by atoms with Gasteiger partial charge in [0, 0.05) is 22.8 Å². The number of amidine groups is 1. The van der Waals surface area contributed by atoms with Crippen molar-refractivity contribution in [1.29, 1.82) is 5.26 Å². The third-order valence-corrected chi connectivity index (χ3v) is 8.71. The van der Waals surface area contributed by atoms with Crippen molar-refractivity contribution in [2.24, 2.45) is 10.7 Å². The summed E-state index contributed by atoms with van der Waals surface area (Å²) in [5.74, 6) is -1.20. The van der Waals surface area contributed by atoms with Crippen molar-refractivity contribution in [1.82, 2.24) is 9.97 Å².